The van der Waals surface area contributed by atoms with Crippen molar-refractivity contribution in [2.75, 3.05) is 6.61 Å². The van der Waals surface area contributed by atoms with E-state index in [1.165, 1.54) is 17.6 Å². The highest BCUT2D eigenvalue weighted by Gasteiger charge is 2.24. The van der Waals surface area contributed by atoms with Gasteiger partial charge in [0.25, 0.3) is 5.56 Å². The summed E-state index contributed by atoms with van der Waals surface area (Å²) in [7, 11) is 0. The summed E-state index contributed by atoms with van der Waals surface area (Å²) < 4.78 is 33.9. The molecule has 0 bridgehead atoms. The van der Waals surface area contributed by atoms with Gasteiger partial charge in [-0.15, -0.1) is 0 Å². The van der Waals surface area contributed by atoms with E-state index < -0.39 is 29.4 Å². The summed E-state index contributed by atoms with van der Waals surface area (Å²) in [6.07, 6.45) is 2.45. The summed E-state index contributed by atoms with van der Waals surface area (Å²) in [5, 5.41) is 19.6. The van der Waals surface area contributed by atoms with Gasteiger partial charge in [0.15, 0.2) is 5.82 Å². The van der Waals surface area contributed by atoms with Crippen LogP contribution in [0.5, 0.6) is 5.75 Å². The minimum Gasteiger partial charge on any atom is -0.485 e. The SMILES string of the molecule is Cc1cnc(-c2cccc([C@](C)(O)CO)n2)cc1-n1c(C)cc(OCc2ncc(F)cc2F)c(Cl)c1=O. The predicted octanol–water partition coefficient (Wildman–Crippen LogP) is 4.02. The number of hydrogen-bond acceptors (Lipinski definition) is 7. The van der Waals surface area contributed by atoms with E-state index in [-0.39, 0.29) is 28.8 Å². The van der Waals surface area contributed by atoms with Crippen molar-refractivity contribution in [3.8, 4) is 22.8 Å². The second kappa shape index (κ2) is 10.3. The smallest absolute Gasteiger partial charge is 0.277 e. The number of aliphatic hydroxyl groups excluding tert-OH is 1. The standard InChI is InChI=1S/C26H23ClF2N4O4/c1-14-10-30-19(18-5-4-6-23(32-18)26(3,36)13-34)9-21(14)33-15(2)7-22(24(27)25(33)35)37-12-20-17(29)8-16(28)11-31-20/h4-11,34,36H,12-13H2,1-3H3/t26-/m1/s1. The minimum atomic E-state index is -1.53. The molecule has 0 radical (unpaired) electrons. The molecule has 0 aliphatic carbocycles. The van der Waals surface area contributed by atoms with Gasteiger partial charge in [-0.05, 0) is 44.5 Å². The summed E-state index contributed by atoms with van der Waals surface area (Å²) in [5.74, 6) is -1.66. The molecule has 37 heavy (non-hydrogen) atoms. The van der Waals surface area contributed by atoms with Gasteiger partial charge < -0.3 is 14.9 Å². The average Bonchev–Trinajstić information content (AvgIpc) is 2.87. The second-order valence-corrected chi connectivity index (χ2v) is 9.05. The lowest BCUT2D eigenvalue weighted by Crippen LogP contribution is -2.27. The van der Waals surface area contributed by atoms with Crippen LogP contribution in [0.4, 0.5) is 8.78 Å². The van der Waals surface area contributed by atoms with Crippen molar-refractivity contribution in [2.24, 2.45) is 0 Å². The van der Waals surface area contributed by atoms with E-state index in [1.54, 1.807) is 44.3 Å². The number of pyridine rings is 4. The zero-order chi connectivity index (χ0) is 26.9. The summed E-state index contributed by atoms with van der Waals surface area (Å²) in [6, 6.07) is 8.86. The first kappa shape index (κ1) is 26.3. The maximum Gasteiger partial charge on any atom is 0.277 e. The fourth-order valence-corrected chi connectivity index (χ4v) is 3.83. The lowest BCUT2D eigenvalue weighted by atomic mass is 10.0. The van der Waals surface area contributed by atoms with Gasteiger partial charge in [-0.3, -0.25) is 19.3 Å². The molecule has 0 unspecified atom stereocenters. The van der Waals surface area contributed by atoms with Crippen LogP contribution in [0.15, 0.2) is 53.6 Å². The number of nitrogens with zero attached hydrogens (tertiary/aromatic N) is 4. The number of hydrogen-bond donors (Lipinski definition) is 2. The van der Waals surface area contributed by atoms with E-state index in [9.17, 15) is 23.8 Å². The molecule has 192 valence electrons. The fraction of sp³-hybridized carbons (Fsp3) is 0.231. The van der Waals surface area contributed by atoms with Gasteiger partial charge in [0.1, 0.15) is 34.5 Å². The first-order valence-corrected chi connectivity index (χ1v) is 11.5. The molecule has 8 nitrogen and oxygen atoms in total. The zero-order valence-corrected chi connectivity index (χ0v) is 20.9. The van der Waals surface area contributed by atoms with E-state index >= 15 is 0 Å². The molecule has 4 heterocycles. The average molecular weight is 529 g/mol. The monoisotopic (exact) mass is 528 g/mol. The first-order valence-electron chi connectivity index (χ1n) is 11.1. The molecule has 4 aromatic heterocycles. The Labute approximate surface area is 215 Å². The van der Waals surface area contributed by atoms with Crippen LogP contribution >= 0.6 is 11.6 Å². The molecule has 4 aromatic rings. The molecular formula is C26H23ClF2N4O4. The highest BCUT2D eigenvalue weighted by Crippen LogP contribution is 2.28. The van der Waals surface area contributed by atoms with Crippen LogP contribution in [0.3, 0.4) is 0 Å². The molecule has 0 saturated heterocycles. The Morgan fingerprint density at radius 1 is 1.11 bits per heavy atom. The van der Waals surface area contributed by atoms with Gasteiger partial charge in [-0.25, -0.2) is 13.8 Å². The normalized spacial score (nSPS) is 12.9. The number of ether oxygens (including phenoxy) is 1. The molecule has 0 aromatic carbocycles. The van der Waals surface area contributed by atoms with Gasteiger partial charge in [-0.2, -0.15) is 0 Å². The third-order valence-corrected chi connectivity index (χ3v) is 6.08. The maximum absolute atomic E-state index is 13.9. The number of rotatable bonds is 7. The van der Waals surface area contributed by atoms with E-state index in [2.05, 4.69) is 15.0 Å². The number of halogens is 3. The van der Waals surface area contributed by atoms with Crippen LogP contribution in [0.1, 0.15) is 29.6 Å². The summed E-state index contributed by atoms with van der Waals surface area (Å²) in [5.41, 5.74) is 0.520. The van der Waals surface area contributed by atoms with E-state index in [4.69, 9.17) is 16.3 Å². The summed E-state index contributed by atoms with van der Waals surface area (Å²) in [6.45, 7) is 4.04. The highest BCUT2D eigenvalue weighted by molar-refractivity contribution is 6.31. The van der Waals surface area contributed by atoms with E-state index in [0.29, 0.717) is 34.4 Å². The highest BCUT2D eigenvalue weighted by atomic mass is 35.5. The molecule has 0 amide bonds. The van der Waals surface area contributed by atoms with Gasteiger partial charge in [0.05, 0.1) is 35.6 Å². The van der Waals surface area contributed by atoms with Crippen molar-refractivity contribution in [1.82, 2.24) is 19.5 Å². The molecule has 11 heteroatoms. The molecule has 0 fully saturated rings. The maximum atomic E-state index is 13.9. The lowest BCUT2D eigenvalue weighted by molar-refractivity contribution is -0.00576. The van der Waals surface area contributed by atoms with Gasteiger partial charge >= 0.3 is 0 Å². The van der Waals surface area contributed by atoms with Crippen LogP contribution in [0, 0.1) is 25.5 Å². The first-order chi connectivity index (χ1) is 17.5. The summed E-state index contributed by atoms with van der Waals surface area (Å²) in [4.78, 5) is 25.8. The molecule has 0 aliphatic rings. The topological polar surface area (TPSA) is 110 Å². The zero-order valence-electron chi connectivity index (χ0n) is 20.2. The van der Waals surface area contributed by atoms with Crippen molar-refractivity contribution in [1.29, 1.82) is 0 Å². The molecule has 2 N–H and O–H groups in total. The Bertz CT molecular complexity index is 1540. The third-order valence-electron chi connectivity index (χ3n) is 5.74. The van der Waals surface area contributed by atoms with Gasteiger partial charge in [-0.1, -0.05) is 17.7 Å². The Kier molecular flexibility index (Phi) is 7.35. The Morgan fingerprint density at radius 2 is 1.86 bits per heavy atom. The van der Waals surface area contributed by atoms with Crippen LogP contribution in [-0.4, -0.2) is 36.3 Å². The number of aromatic nitrogens is 4. The summed E-state index contributed by atoms with van der Waals surface area (Å²) >= 11 is 6.34. The fourth-order valence-electron chi connectivity index (χ4n) is 3.63. The quantitative estimate of drug-likeness (QED) is 0.373. The Morgan fingerprint density at radius 3 is 2.57 bits per heavy atom. The Balaban J connectivity index is 1.72. The second-order valence-electron chi connectivity index (χ2n) is 8.67. The van der Waals surface area contributed by atoms with Gasteiger partial charge in [0.2, 0.25) is 0 Å². The number of aliphatic hydroxyl groups is 2. The van der Waals surface area contributed by atoms with E-state index in [0.717, 1.165) is 6.20 Å². The van der Waals surface area contributed by atoms with Crippen molar-refractivity contribution in [3.63, 3.8) is 0 Å². The third kappa shape index (κ3) is 5.36. The predicted molar refractivity (Wildman–Crippen MR) is 133 cm³/mol. The molecule has 0 spiro atoms. The van der Waals surface area contributed by atoms with Crippen LogP contribution < -0.4 is 10.3 Å². The van der Waals surface area contributed by atoms with Crippen molar-refractivity contribution >= 4 is 11.6 Å². The van der Waals surface area contributed by atoms with Crippen molar-refractivity contribution < 1.29 is 23.7 Å². The van der Waals surface area contributed by atoms with Crippen LogP contribution in [0.2, 0.25) is 5.02 Å². The van der Waals surface area contributed by atoms with Gasteiger partial charge in [0, 0.05) is 24.0 Å². The van der Waals surface area contributed by atoms with Crippen molar-refractivity contribution in [2.45, 2.75) is 33.0 Å². The minimum absolute atomic E-state index is 0.0264. The lowest BCUT2D eigenvalue weighted by Gasteiger charge is -2.20. The molecule has 1 atom stereocenters. The Hall–Kier alpha value is -3.73. The molecule has 4 rings (SSSR count). The molecular weight excluding hydrogens is 506 g/mol. The molecule has 0 aliphatic heterocycles. The molecule has 0 saturated carbocycles. The largest absolute Gasteiger partial charge is 0.485 e. The van der Waals surface area contributed by atoms with Crippen LogP contribution in [-0.2, 0) is 12.2 Å². The number of aryl methyl sites for hydroxylation is 2. The van der Waals surface area contributed by atoms with Crippen LogP contribution in [0.25, 0.3) is 17.1 Å². The van der Waals surface area contributed by atoms with E-state index in [1.807, 2.05) is 0 Å². The van der Waals surface area contributed by atoms with Crippen molar-refractivity contribution in [3.05, 3.63) is 98.4 Å².